The van der Waals surface area contributed by atoms with Gasteiger partial charge in [-0.05, 0) is 50.3 Å². The molecule has 2 saturated heterocycles. The standard InChI is InChI=1S/C22H29ClN4O2/c1-25-15-17(14-24-25)16-26-11-7-19(8-12-26)29-21-13-18(23)5-6-20(21)22(28)27-9-3-2-4-10-27/h5-6,13-15,19H,2-4,7-12,16H2,1H3. The van der Waals surface area contributed by atoms with E-state index in [2.05, 4.69) is 16.2 Å². The number of hydrogen-bond acceptors (Lipinski definition) is 4. The van der Waals surface area contributed by atoms with E-state index in [9.17, 15) is 4.79 Å². The van der Waals surface area contributed by atoms with Gasteiger partial charge >= 0.3 is 0 Å². The van der Waals surface area contributed by atoms with Crippen molar-refractivity contribution >= 4 is 17.5 Å². The number of ether oxygens (including phenoxy) is 1. The van der Waals surface area contributed by atoms with E-state index in [1.54, 1.807) is 12.1 Å². The van der Waals surface area contributed by atoms with Crippen molar-refractivity contribution in [3.8, 4) is 5.75 Å². The molecular formula is C22H29ClN4O2. The monoisotopic (exact) mass is 416 g/mol. The quantitative estimate of drug-likeness (QED) is 0.745. The van der Waals surface area contributed by atoms with Crippen LogP contribution < -0.4 is 4.74 Å². The van der Waals surface area contributed by atoms with Crippen molar-refractivity contribution in [1.82, 2.24) is 19.6 Å². The van der Waals surface area contributed by atoms with Crippen molar-refractivity contribution < 1.29 is 9.53 Å². The second-order valence-corrected chi connectivity index (χ2v) is 8.55. The first-order valence-electron chi connectivity index (χ1n) is 10.5. The Bertz CT molecular complexity index is 839. The van der Waals surface area contributed by atoms with E-state index < -0.39 is 0 Å². The number of benzene rings is 1. The molecule has 7 heteroatoms. The van der Waals surface area contributed by atoms with E-state index >= 15 is 0 Å². The van der Waals surface area contributed by atoms with Crippen molar-refractivity contribution in [2.24, 2.45) is 7.05 Å². The summed E-state index contributed by atoms with van der Waals surface area (Å²) in [6.07, 6.45) is 9.31. The number of amides is 1. The summed E-state index contributed by atoms with van der Waals surface area (Å²) in [6, 6.07) is 5.38. The molecule has 156 valence electrons. The second-order valence-electron chi connectivity index (χ2n) is 8.11. The van der Waals surface area contributed by atoms with Gasteiger partial charge in [0.05, 0.1) is 11.8 Å². The van der Waals surface area contributed by atoms with Crippen molar-refractivity contribution in [3.05, 3.63) is 46.7 Å². The minimum Gasteiger partial charge on any atom is -0.489 e. The molecule has 1 amide bonds. The van der Waals surface area contributed by atoms with E-state index in [4.69, 9.17) is 16.3 Å². The molecule has 0 N–H and O–H groups in total. The largest absolute Gasteiger partial charge is 0.489 e. The molecule has 2 aromatic rings. The molecule has 2 fully saturated rings. The number of likely N-dealkylation sites (tertiary alicyclic amines) is 2. The Balaban J connectivity index is 1.38. The van der Waals surface area contributed by atoms with Gasteiger partial charge in [0.1, 0.15) is 11.9 Å². The molecule has 0 unspecified atom stereocenters. The summed E-state index contributed by atoms with van der Waals surface area (Å²) < 4.78 is 8.15. The highest BCUT2D eigenvalue weighted by molar-refractivity contribution is 6.30. The Morgan fingerprint density at radius 2 is 1.93 bits per heavy atom. The highest BCUT2D eigenvalue weighted by Gasteiger charge is 2.25. The van der Waals surface area contributed by atoms with Crippen LogP contribution in [0.25, 0.3) is 0 Å². The van der Waals surface area contributed by atoms with Gasteiger partial charge in [0.25, 0.3) is 5.91 Å². The second kappa shape index (κ2) is 9.18. The summed E-state index contributed by atoms with van der Waals surface area (Å²) in [5, 5.41) is 4.84. The van der Waals surface area contributed by atoms with Crippen molar-refractivity contribution in [2.45, 2.75) is 44.8 Å². The van der Waals surface area contributed by atoms with Crippen LogP contribution in [0, 0.1) is 0 Å². The van der Waals surface area contributed by atoms with Crippen molar-refractivity contribution in [2.75, 3.05) is 26.2 Å². The molecule has 3 heterocycles. The van der Waals surface area contributed by atoms with Gasteiger partial charge in [-0.1, -0.05) is 11.6 Å². The minimum atomic E-state index is 0.0605. The van der Waals surface area contributed by atoms with Crippen LogP contribution in [0.4, 0.5) is 0 Å². The summed E-state index contributed by atoms with van der Waals surface area (Å²) in [5.41, 5.74) is 1.87. The van der Waals surface area contributed by atoms with Crippen LogP contribution >= 0.6 is 11.6 Å². The third-order valence-electron chi connectivity index (χ3n) is 5.81. The van der Waals surface area contributed by atoms with Crippen LogP contribution in [-0.4, -0.2) is 57.8 Å². The maximum atomic E-state index is 13.0. The first-order valence-corrected chi connectivity index (χ1v) is 10.9. The number of carbonyl (C=O) groups is 1. The fourth-order valence-electron chi connectivity index (χ4n) is 4.21. The smallest absolute Gasteiger partial charge is 0.257 e. The molecule has 29 heavy (non-hydrogen) atoms. The maximum Gasteiger partial charge on any atom is 0.257 e. The van der Waals surface area contributed by atoms with Crippen LogP contribution in [0.1, 0.15) is 48.0 Å². The van der Waals surface area contributed by atoms with Crippen LogP contribution in [-0.2, 0) is 13.6 Å². The zero-order valence-corrected chi connectivity index (χ0v) is 17.8. The molecule has 6 nitrogen and oxygen atoms in total. The number of nitrogens with zero attached hydrogens (tertiary/aromatic N) is 4. The predicted molar refractivity (Wildman–Crippen MR) is 113 cm³/mol. The van der Waals surface area contributed by atoms with Gasteiger partial charge < -0.3 is 9.64 Å². The van der Waals surface area contributed by atoms with Crippen LogP contribution in [0.2, 0.25) is 5.02 Å². The molecule has 0 aliphatic carbocycles. The van der Waals surface area contributed by atoms with E-state index in [0.29, 0.717) is 16.3 Å². The predicted octanol–water partition coefficient (Wildman–Crippen LogP) is 3.74. The third kappa shape index (κ3) is 5.11. The lowest BCUT2D eigenvalue weighted by atomic mass is 10.1. The first-order chi connectivity index (χ1) is 14.1. The lowest BCUT2D eigenvalue weighted by Crippen LogP contribution is -2.38. The third-order valence-corrected chi connectivity index (χ3v) is 6.05. The van der Waals surface area contributed by atoms with Crippen LogP contribution in [0.5, 0.6) is 5.75 Å². The van der Waals surface area contributed by atoms with E-state index in [1.807, 2.05) is 28.9 Å². The molecule has 0 atom stereocenters. The summed E-state index contributed by atoms with van der Waals surface area (Å²) in [7, 11) is 1.94. The Kier molecular flexibility index (Phi) is 6.40. The Labute approximate surface area is 177 Å². The average molecular weight is 417 g/mol. The molecule has 1 aromatic heterocycles. The molecule has 0 saturated carbocycles. The zero-order chi connectivity index (χ0) is 20.2. The lowest BCUT2D eigenvalue weighted by Gasteiger charge is -2.33. The zero-order valence-electron chi connectivity index (χ0n) is 17.0. The van der Waals surface area contributed by atoms with Gasteiger partial charge in [-0.3, -0.25) is 14.4 Å². The molecule has 4 rings (SSSR count). The first kappa shape index (κ1) is 20.2. The Hall–Kier alpha value is -2.05. The Morgan fingerprint density at radius 3 is 2.62 bits per heavy atom. The molecule has 0 radical (unpaired) electrons. The van der Waals surface area contributed by atoms with Gasteiger partial charge in [-0.15, -0.1) is 0 Å². The summed E-state index contributed by atoms with van der Waals surface area (Å²) in [4.78, 5) is 17.4. The van der Waals surface area contributed by atoms with Gasteiger partial charge in [-0.2, -0.15) is 5.10 Å². The minimum absolute atomic E-state index is 0.0605. The number of piperidine rings is 2. The fourth-order valence-corrected chi connectivity index (χ4v) is 4.38. The Morgan fingerprint density at radius 1 is 1.17 bits per heavy atom. The number of aromatic nitrogens is 2. The highest BCUT2D eigenvalue weighted by Crippen LogP contribution is 2.29. The van der Waals surface area contributed by atoms with Gasteiger partial charge in [0.15, 0.2) is 0 Å². The topological polar surface area (TPSA) is 50.6 Å². The van der Waals surface area contributed by atoms with Gasteiger partial charge in [0, 0.05) is 56.6 Å². The molecule has 1 aromatic carbocycles. The molecule has 2 aliphatic rings. The van der Waals surface area contributed by atoms with E-state index in [1.165, 1.54) is 12.0 Å². The number of aryl methyl sites for hydroxylation is 1. The lowest BCUT2D eigenvalue weighted by molar-refractivity contribution is 0.0702. The maximum absolute atomic E-state index is 13.0. The number of rotatable bonds is 5. The van der Waals surface area contributed by atoms with E-state index in [0.717, 1.165) is 58.4 Å². The van der Waals surface area contributed by atoms with Gasteiger partial charge in [-0.25, -0.2) is 0 Å². The molecular weight excluding hydrogens is 388 g/mol. The normalized spacial score (nSPS) is 18.8. The number of hydrogen-bond donors (Lipinski definition) is 0. The fraction of sp³-hybridized carbons (Fsp3) is 0.545. The number of carbonyl (C=O) groups excluding carboxylic acids is 1. The molecule has 0 spiro atoms. The van der Waals surface area contributed by atoms with Crippen LogP contribution in [0.3, 0.4) is 0 Å². The van der Waals surface area contributed by atoms with Crippen molar-refractivity contribution in [1.29, 1.82) is 0 Å². The van der Waals surface area contributed by atoms with Crippen LogP contribution in [0.15, 0.2) is 30.6 Å². The number of halogens is 1. The molecule has 0 bridgehead atoms. The van der Waals surface area contributed by atoms with Gasteiger partial charge in [0.2, 0.25) is 0 Å². The van der Waals surface area contributed by atoms with Crippen molar-refractivity contribution in [3.63, 3.8) is 0 Å². The summed E-state index contributed by atoms with van der Waals surface area (Å²) >= 11 is 6.22. The van der Waals surface area contributed by atoms with E-state index in [-0.39, 0.29) is 12.0 Å². The average Bonchev–Trinajstić information content (AvgIpc) is 3.14. The molecule has 2 aliphatic heterocycles. The summed E-state index contributed by atoms with van der Waals surface area (Å²) in [6.45, 7) is 4.50. The summed E-state index contributed by atoms with van der Waals surface area (Å²) in [5.74, 6) is 0.684. The SMILES string of the molecule is Cn1cc(CN2CCC(Oc3cc(Cl)ccc3C(=O)N3CCCCC3)CC2)cn1. The highest BCUT2D eigenvalue weighted by atomic mass is 35.5.